The van der Waals surface area contributed by atoms with Crippen LogP contribution >= 0.6 is 11.6 Å². The van der Waals surface area contributed by atoms with E-state index in [1.807, 2.05) is 0 Å². The maximum Gasteiger partial charge on any atom is 0.294 e. The number of carbonyl (C=O) groups excluding carboxylic acids is 1. The lowest BCUT2D eigenvalue weighted by atomic mass is 10.0. The molecule has 7 heteroatoms. The van der Waals surface area contributed by atoms with Crippen molar-refractivity contribution in [2.45, 2.75) is 6.42 Å². The monoisotopic (exact) mass is 329 g/mol. The third-order valence-electron chi connectivity index (χ3n) is 3.99. The molecule has 0 saturated heterocycles. The molecule has 1 aliphatic heterocycles. The molecule has 0 unspecified atom stereocenters. The molecule has 1 aliphatic rings. The summed E-state index contributed by atoms with van der Waals surface area (Å²) in [6.07, 6.45) is 3.78. The molecule has 6 nitrogen and oxygen atoms in total. The number of rotatable bonds is 1. The lowest BCUT2D eigenvalue weighted by Gasteiger charge is -2.26. The summed E-state index contributed by atoms with van der Waals surface area (Å²) in [5.41, 5.74) is 1.14. The van der Waals surface area contributed by atoms with Gasteiger partial charge in [0.05, 0.1) is 27.9 Å². The molecule has 0 bridgehead atoms. The van der Waals surface area contributed by atoms with Crippen molar-refractivity contribution in [1.82, 2.24) is 9.78 Å². The first kappa shape index (κ1) is 14.0. The van der Waals surface area contributed by atoms with Crippen molar-refractivity contribution < 1.29 is 9.21 Å². The second kappa shape index (κ2) is 4.96. The van der Waals surface area contributed by atoms with Gasteiger partial charge in [-0.2, -0.15) is 5.10 Å². The van der Waals surface area contributed by atoms with Crippen molar-refractivity contribution in [1.29, 1.82) is 0 Å². The van der Waals surface area contributed by atoms with E-state index in [1.165, 1.54) is 0 Å². The van der Waals surface area contributed by atoms with Gasteiger partial charge in [-0.25, -0.2) is 0 Å². The molecule has 116 valence electrons. The van der Waals surface area contributed by atoms with Gasteiger partial charge in [0, 0.05) is 19.8 Å². The molecule has 0 N–H and O–H groups in total. The van der Waals surface area contributed by atoms with E-state index in [4.69, 9.17) is 16.0 Å². The van der Waals surface area contributed by atoms with Crippen molar-refractivity contribution in [2.75, 3.05) is 11.4 Å². The molecule has 0 radical (unpaired) electrons. The Balaban J connectivity index is 1.91. The highest BCUT2D eigenvalue weighted by atomic mass is 35.5. The molecular formula is C16H12ClN3O3. The summed E-state index contributed by atoms with van der Waals surface area (Å²) in [6, 6.07) is 4.98. The molecule has 0 fully saturated rings. The summed E-state index contributed by atoms with van der Waals surface area (Å²) in [5.74, 6) is -0.288. The average molecular weight is 330 g/mol. The number of anilines is 1. The number of aromatic nitrogens is 2. The van der Waals surface area contributed by atoms with Crippen molar-refractivity contribution in [3.05, 3.63) is 57.2 Å². The van der Waals surface area contributed by atoms with Crippen molar-refractivity contribution in [2.24, 2.45) is 7.05 Å². The van der Waals surface area contributed by atoms with Crippen LogP contribution in [0.15, 0.2) is 39.8 Å². The van der Waals surface area contributed by atoms with Gasteiger partial charge in [-0.05, 0) is 18.6 Å². The van der Waals surface area contributed by atoms with E-state index in [2.05, 4.69) is 5.10 Å². The Morgan fingerprint density at radius 2 is 2.13 bits per heavy atom. The van der Waals surface area contributed by atoms with E-state index in [9.17, 15) is 9.59 Å². The molecule has 2 aromatic heterocycles. The highest BCUT2D eigenvalue weighted by Gasteiger charge is 2.31. The fourth-order valence-corrected chi connectivity index (χ4v) is 3.08. The lowest BCUT2D eigenvalue weighted by molar-refractivity contribution is 0.0952. The molecule has 1 aromatic carbocycles. The van der Waals surface area contributed by atoms with Crippen LogP contribution in [0.5, 0.6) is 0 Å². The highest BCUT2D eigenvalue weighted by Crippen LogP contribution is 2.28. The van der Waals surface area contributed by atoms with E-state index in [-0.39, 0.29) is 22.7 Å². The molecule has 3 heterocycles. The van der Waals surface area contributed by atoms with E-state index < -0.39 is 0 Å². The third-order valence-corrected chi connectivity index (χ3v) is 4.29. The molecule has 23 heavy (non-hydrogen) atoms. The van der Waals surface area contributed by atoms with Gasteiger partial charge in [0.15, 0.2) is 16.8 Å². The van der Waals surface area contributed by atoms with Gasteiger partial charge >= 0.3 is 0 Å². The van der Waals surface area contributed by atoms with E-state index in [1.54, 1.807) is 47.2 Å². The Labute approximate surface area is 135 Å². The smallest absolute Gasteiger partial charge is 0.294 e. The predicted octanol–water partition coefficient (Wildman–Crippen LogP) is 2.38. The number of para-hydroxylation sites is 1. The molecule has 0 saturated carbocycles. The fraction of sp³-hybridized carbons (Fsp3) is 0.188. The number of amides is 1. The topological polar surface area (TPSA) is 68.3 Å². The Bertz CT molecular complexity index is 1010. The molecule has 0 atom stereocenters. The number of aryl methyl sites for hydroxylation is 1. The lowest BCUT2D eigenvalue weighted by Crippen LogP contribution is -2.39. The molecular weight excluding hydrogens is 318 g/mol. The summed E-state index contributed by atoms with van der Waals surface area (Å²) in [6.45, 7) is 0.411. The van der Waals surface area contributed by atoms with Gasteiger partial charge in [0.25, 0.3) is 5.91 Å². The van der Waals surface area contributed by atoms with Crippen LogP contribution in [-0.4, -0.2) is 22.2 Å². The highest BCUT2D eigenvalue weighted by molar-refractivity contribution is 6.34. The maximum atomic E-state index is 12.7. The molecule has 0 aliphatic carbocycles. The predicted molar refractivity (Wildman–Crippen MR) is 86.1 cm³/mol. The van der Waals surface area contributed by atoms with E-state index >= 15 is 0 Å². The second-order valence-corrected chi connectivity index (χ2v) is 5.84. The van der Waals surface area contributed by atoms with Gasteiger partial charge in [-0.1, -0.05) is 17.7 Å². The van der Waals surface area contributed by atoms with Crippen molar-refractivity contribution >= 4 is 34.2 Å². The van der Waals surface area contributed by atoms with Gasteiger partial charge in [-0.3, -0.25) is 14.3 Å². The minimum atomic E-state index is -0.349. The molecule has 3 aromatic rings. The minimum absolute atomic E-state index is 0.0608. The SMILES string of the molecule is Cn1cc(N2CCc3c(oc4c(Cl)cccc4c3=O)C2=O)cn1. The fourth-order valence-electron chi connectivity index (χ4n) is 2.86. The van der Waals surface area contributed by atoms with Gasteiger partial charge < -0.3 is 9.32 Å². The summed E-state index contributed by atoms with van der Waals surface area (Å²) >= 11 is 6.11. The quantitative estimate of drug-likeness (QED) is 0.687. The number of carbonyl (C=O) groups is 1. The van der Waals surface area contributed by atoms with Gasteiger partial charge in [0.1, 0.15) is 0 Å². The largest absolute Gasteiger partial charge is 0.449 e. The summed E-state index contributed by atoms with van der Waals surface area (Å²) in [7, 11) is 1.78. The van der Waals surface area contributed by atoms with Crippen LogP contribution in [0.25, 0.3) is 11.0 Å². The number of hydrogen-bond acceptors (Lipinski definition) is 4. The van der Waals surface area contributed by atoms with Crippen molar-refractivity contribution in [3.8, 4) is 0 Å². The number of hydrogen-bond donors (Lipinski definition) is 0. The van der Waals surface area contributed by atoms with E-state index in [0.717, 1.165) is 0 Å². The first-order valence-electron chi connectivity index (χ1n) is 7.11. The normalized spacial score (nSPS) is 14.3. The Hall–Kier alpha value is -2.60. The van der Waals surface area contributed by atoms with Crippen LogP contribution < -0.4 is 10.3 Å². The van der Waals surface area contributed by atoms with E-state index in [0.29, 0.717) is 34.6 Å². The van der Waals surface area contributed by atoms with Crippen LogP contribution in [0.4, 0.5) is 5.69 Å². The molecule has 1 amide bonds. The zero-order valence-electron chi connectivity index (χ0n) is 12.2. The van der Waals surface area contributed by atoms with Crippen LogP contribution in [0.3, 0.4) is 0 Å². The Kier molecular flexibility index (Phi) is 3.02. The van der Waals surface area contributed by atoms with Gasteiger partial charge in [-0.15, -0.1) is 0 Å². The summed E-state index contributed by atoms with van der Waals surface area (Å²) < 4.78 is 7.33. The Morgan fingerprint density at radius 1 is 1.30 bits per heavy atom. The maximum absolute atomic E-state index is 12.7. The zero-order valence-corrected chi connectivity index (χ0v) is 13.0. The molecule has 0 spiro atoms. The number of nitrogens with zero attached hydrogens (tertiary/aromatic N) is 3. The average Bonchev–Trinajstić information content (AvgIpc) is 2.96. The number of benzene rings is 1. The minimum Gasteiger partial charge on any atom is -0.449 e. The standard InChI is InChI=1S/C16H12ClN3O3/c1-19-8-9(7-18-19)20-6-5-11-13(21)10-3-2-4-12(17)14(10)23-15(11)16(20)22/h2-4,7-8H,5-6H2,1H3. The first-order chi connectivity index (χ1) is 11.1. The summed E-state index contributed by atoms with van der Waals surface area (Å²) in [5, 5.41) is 4.79. The van der Waals surface area contributed by atoms with Crippen LogP contribution in [0.2, 0.25) is 5.02 Å². The molecule has 4 rings (SSSR count). The zero-order chi connectivity index (χ0) is 16.1. The third kappa shape index (κ3) is 2.06. The second-order valence-electron chi connectivity index (χ2n) is 5.43. The van der Waals surface area contributed by atoms with Gasteiger partial charge in [0.2, 0.25) is 0 Å². The van der Waals surface area contributed by atoms with Crippen molar-refractivity contribution in [3.63, 3.8) is 0 Å². The van der Waals surface area contributed by atoms with Crippen LogP contribution in [0.1, 0.15) is 16.1 Å². The number of fused-ring (bicyclic) bond motifs is 2. The number of halogens is 1. The first-order valence-corrected chi connectivity index (χ1v) is 7.49. The Morgan fingerprint density at radius 3 is 2.87 bits per heavy atom. The summed E-state index contributed by atoms with van der Waals surface area (Å²) in [4.78, 5) is 26.9. The van der Waals surface area contributed by atoms with Crippen LogP contribution in [-0.2, 0) is 13.5 Å². The van der Waals surface area contributed by atoms with Crippen LogP contribution in [0, 0.1) is 0 Å².